The van der Waals surface area contributed by atoms with Gasteiger partial charge in [-0.25, -0.2) is 9.78 Å². The molecule has 1 amide bonds. The topological polar surface area (TPSA) is 71.7 Å². The third kappa shape index (κ3) is 4.01. The molecule has 1 aliphatic heterocycles. The predicted molar refractivity (Wildman–Crippen MR) is 87.2 cm³/mol. The summed E-state index contributed by atoms with van der Waals surface area (Å²) in [5.74, 6) is 0.730. The first-order chi connectivity index (χ1) is 10.3. The second-order valence-electron chi connectivity index (χ2n) is 6.27. The number of carbonyl (C=O) groups excluding carboxylic acids is 1. The number of aromatic nitrogens is 1. The van der Waals surface area contributed by atoms with Gasteiger partial charge in [0.1, 0.15) is 11.4 Å². The lowest BCUT2D eigenvalue weighted by Crippen LogP contribution is -2.50. The number of hydrogen-bond acceptors (Lipinski definition) is 5. The van der Waals surface area contributed by atoms with Gasteiger partial charge in [0.15, 0.2) is 0 Å². The minimum atomic E-state index is -0.478. The summed E-state index contributed by atoms with van der Waals surface area (Å²) in [6, 6.07) is 1.82. The quantitative estimate of drug-likeness (QED) is 0.902. The first kappa shape index (κ1) is 16.8. The summed E-state index contributed by atoms with van der Waals surface area (Å²) in [7, 11) is 0. The van der Waals surface area contributed by atoms with Gasteiger partial charge in [-0.3, -0.25) is 0 Å². The molecule has 2 rings (SSSR count). The molecule has 0 aliphatic carbocycles. The van der Waals surface area contributed by atoms with E-state index in [1.165, 1.54) is 0 Å². The fourth-order valence-electron chi connectivity index (χ4n) is 2.28. The van der Waals surface area contributed by atoms with E-state index in [4.69, 9.17) is 22.1 Å². The molecule has 1 aliphatic rings. The molecule has 7 heteroatoms. The van der Waals surface area contributed by atoms with Gasteiger partial charge in [-0.1, -0.05) is 11.6 Å². The van der Waals surface area contributed by atoms with Crippen molar-refractivity contribution in [1.29, 1.82) is 0 Å². The van der Waals surface area contributed by atoms with Crippen molar-refractivity contribution in [3.8, 4) is 0 Å². The number of ether oxygens (including phenoxy) is 1. The Balaban J connectivity index is 1.99. The average Bonchev–Trinajstić information content (AvgIpc) is 2.46. The summed E-state index contributed by atoms with van der Waals surface area (Å²) in [5, 5.41) is 0.593. The standard InChI is InChI=1S/C15H23ClN4O2/c1-15(2,3)22-14(21)20-8-6-19(7-9-20)13-12(16)11(10-17)4-5-18-13/h4-5H,6-10,17H2,1-3H3. The van der Waals surface area contributed by atoms with Crippen molar-refractivity contribution in [1.82, 2.24) is 9.88 Å². The van der Waals surface area contributed by atoms with E-state index >= 15 is 0 Å². The Morgan fingerprint density at radius 1 is 1.36 bits per heavy atom. The molecule has 0 spiro atoms. The second-order valence-corrected chi connectivity index (χ2v) is 6.64. The Bertz CT molecular complexity index is 537. The maximum absolute atomic E-state index is 12.1. The molecule has 0 radical (unpaired) electrons. The largest absolute Gasteiger partial charge is 0.444 e. The third-order valence-electron chi connectivity index (χ3n) is 3.40. The Morgan fingerprint density at radius 2 is 2.00 bits per heavy atom. The lowest BCUT2D eigenvalue weighted by Gasteiger charge is -2.36. The van der Waals surface area contributed by atoms with Crippen molar-refractivity contribution in [2.24, 2.45) is 5.73 Å². The predicted octanol–water partition coefficient (Wildman–Crippen LogP) is 2.25. The highest BCUT2D eigenvalue weighted by Crippen LogP contribution is 2.27. The smallest absolute Gasteiger partial charge is 0.410 e. The number of pyridine rings is 1. The molecule has 6 nitrogen and oxygen atoms in total. The molecule has 122 valence electrons. The number of rotatable bonds is 2. The molecule has 1 aromatic heterocycles. The molecular formula is C15H23ClN4O2. The van der Waals surface area contributed by atoms with Crippen molar-refractivity contribution < 1.29 is 9.53 Å². The fourth-order valence-corrected chi connectivity index (χ4v) is 2.59. The summed E-state index contributed by atoms with van der Waals surface area (Å²) in [4.78, 5) is 20.2. The van der Waals surface area contributed by atoms with Gasteiger partial charge in [0, 0.05) is 38.9 Å². The zero-order valence-electron chi connectivity index (χ0n) is 13.3. The molecule has 0 saturated carbocycles. The van der Waals surface area contributed by atoms with E-state index in [-0.39, 0.29) is 6.09 Å². The van der Waals surface area contributed by atoms with Crippen LogP contribution in [0.25, 0.3) is 0 Å². The summed E-state index contributed by atoms with van der Waals surface area (Å²) in [6.07, 6.45) is 1.44. The van der Waals surface area contributed by atoms with E-state index in [9.17, 15) is 4.79 Å². The van der Waals surface area contributed by atoms with Crippen LogP contribution in [0, 0.1) is 0 Å². The lowest BCUT2D eigenvalue weighted by atomic mass is 10.2. The van der Waals surface area contributed by atoms with Crippen molar-refractivity contribution in [3.63, 3.8) is 0 Å². The maximum atomic E-state index is 12.1. The summed E-state index contributed by atoms with van der Waals surface area (Å²) in [5.41, 5.74) is 6.07. The molecule has 0 aromatic carbocycles. The highest BCUT2D eigenvalue weighted by molar-refractivity contribution is 6.33. The van der Waals surface area contributed by atoms with Crippen LogP contribution in [-0.2, 0) is 11.3 Å². The number of nitrogens with zero attached hydrogens (tertiary/aromatic N) is 3. The number of hydrogen-bond donors (Lipinski definition) is 1. The third-order valence-corrected chi connectivity index (χ3v) is 3.81. The van der Waals surface area contributed by atoms with Gasteiger partial charge in [-0.05, 0) is 32.4 Å². The van der Waals surface area contributed by atoms with Gasteiger partial charge < -0.3 is 20.3 Å². The number of piperazine rings is 1. The molecule has 1 aromatic rings. The Labute approximate surface area is 136 Å². The highest BCUT2D eigenvalue weighted by Gasteiger charge is 2.27. The zero-order chi connectivity index (χ0) is 16.3. The minimum absolute atomic E-state index is 0.276. The fraction of sp³-hybridized carbons (Fsp3) is 0.600. The van der Waals surface area contributed by atoms with E-state index < -0.39 is 5.60 Å². The van der Waals surface area contributed by atoms with Crippen molar-refractivity contribution in [2.45, 2.75) is 32.9 Å². The van der Waals surface area contributed by atoms with Gasteiger partial charge >= 0.3 is 6.09 Å². The first-order valence-corrected chi connectivity index (χ1v) is 7.76. The summed E-state index contributed by atoms with van der Waals surface area (Å²) < 4.78 is 5.39. The number of anilines is 1. The van der Waals surface area contributed by atoms with Crippen LogP contribution in [0.2, 0.25) is 5.02 Å². The second kappa shape index (κ2) is 6.71. The van der Waals surface area contributed by atoms with E-state index in [1.54, 1.807) is 11.1 Å². The highest BCUT2D eigenvalue weighted by atomic mass is 35.5. The van der Waals surface area contributed by atoms with Gasteiger partial charge in [0.05, 0.1) is 5.02 Å². The van der Waals surface area contributed by atoms with Gasteiger partial charge in [-0.15, -0.1) is 0 Å². The van der Waals surface area contributed by atoms with Crippen molar-refractivity contribution in [3.05, 3.63) is 22.8 Å². The summed E-state index contributed by atoms with van der Waals surface area (Å²) >= 11 is 6.34. The molecular weight excluding hydrogens is 304 g/mol. The number of amides is 1. The lowest BCUT2D eigenvalue weighted by molar-refractivity contribution is 0.0240. The van der Waals surface area contributed by atoms with Crippen LogP contribution in [0.5, 0.6) is 0 Å². The Kier molecular flexibility index (Phi) is 5.13. The number of carbonyl (C=O) groups is 1. The van der Waals surface area contributed by atoms with Crippen LogP contribution in [-0.4, -0.2) is 47.8 Å². The van der Waals surface area contributed by atoms with E-state index in [0.29, 0.717) is 37.7 Å². The number of halogens is 1. The first-order valence-electron chi connectivity index (χ1n) is 7.38. The maximum Gasteiger partial charge on any atom is 0.410 e. The van der Waals surface area contributed by atoms with Gasteiger partial charge in [-0.2, -0.15) is 0 Å². The molecule has 2 N–H and O–H groups in total. The van der Waals surface area contributed by atoms with Gasteiger partial charge in [0.25, 0.3) is 0 Å². The monoisotopic (exact) mass is 326 g/mol. The minimum Gasteiger partial charge on any atom is -0.444 e. The van der Waals surface area contributed by atoms with Crippen LogP contribution in [0.3, 0.4) is 0 Å². The Hall–Kier alpha value is -1.53. The van der Waals surface area contributed by atoms with Crippen molar-refractivity contribution in [2.75, 3.05) is 31.1 Å². The Morgan fingerprint density at radius 3 is 2.55 bits per heavy atom. The number of nitrogens with two attached hydrogens (primary N) is 1. The molecule has 1 fully saturated rings. The molecule has 0 unspecified atom stereocenters. The molecule has 1 saturated heterocycles. The van der Waals surface area contributed by atoms with Crippen LogP contribution in [0.15, 0.2) is 12.3 Å². The zero-order valence-corrected chi connectivity index (χ0v) is 14.1. The summed E-state index contributed by atoms with van der Waals surface area (Å²) in [6.45, 7) is 8.47. The van der Waals surface area contributed by atoms with Crippen LogP contribution < -0.4 is 10.6 Å². The van der Waals surface area contributed by atoms with E-state index in [1.807, 2.05) is 26.8 Å². The van der Waals surface area contributed by atoms with Crippen LogP contribution >= 0.6 is 11.6 Å². The van der Waals surface area contributed by atoms with Gasteiger partial charge in [0.2, 0.25) is 0 Å². The van der Waals surface area contributed by atoms with Crippen molar-refractivity contribution >= 4 is 23.5 Å². The van der Waals surface area contributed by atoms with E-state index in [0.717, 1.165) is 11.4 Å². The van der Waals surface area contributed by atoms with Crippen LogP contribution in [0.1, 0.15) is 26.3 Å². The SMILES string of the molecule is CC(C)(C)OC(=O)N1CCN(c2nccc(CN)c2Cl)CC1. The molecule has 0 atom stereocenters. The van der Waals surface area contributed by atoms with Crippen LogP contribution in [0.4, 0.5) is 10.6 Å². The average molecular weight is 327 g/mol. The molecule has 22 heavy (non-hydrogen) atoms. The normalized spacial score (nSPS) is 15.9. The van der Waals surface area contributed by atoms with E-state index in [2.05, 4.69) is 9.88 Å². The molecule has 0 bridgehead atoms. The molecule has 2 heterocycles.